The van der Waals surface area contributed by atoms with Crippen molar-refractivity contribution in [2.45, 2.75) is 12.8 Å². The molecule has 1 aliphatic carbocycles. The Morgan fingerprint density at radius 1 is 0.525 bits per heavy atom. The van der Waals surface area contributed by atoms with Crippen LogP contribution in [0.5, 0.6) is 0 Å². The van der Waals surface area contributed by atoms with E-state index in [9.17, 15) is 0 Å². The second-order valence-electron chi connectivity index (χ2n) is 15.1. The maximum absolute atomic E-state index is 5.28. The molecule has 3 aromatic heterocycles. The average molecular weight is 774 g/mol. The lowest BCUT2D eigenvalue weighted by atomic mass is 9.93. The van der Waals surface area contributed by atoms with Crippen LogP contribution >= 0.6 is 11.3 Å². The molecule has 7 aromatic carbocycles. The second kappa shape index (κ2) is 13.6. The van der Waals surface area contributed by atoms with Crippen molar-refractivity contribution in [2.24, 2.45) is 0 Å². The van der Waals surface area contributed by atoms with Crippen molar-refractivity contribution in [2.75, 3.05) is 4.90 Å². The summed E-state index contributed by atoms with van der Waals surface area (Å²) in [4.78, 5) is 19.5. The highest BCUT2D eigenvalue weighted by Crippen LogP contribution is 2.50. The van der Waals surface area contributed by atoms with Gasteiger partial charge in [-0.2, -0.15) is 9.97 Å². The Bertz CT molecular complexity index is 3260. The van der Waals surface area contributed by atoms with Crippen LogP contribution in [-0.4, -0.2) is 19.5 Å². The minimum atomic E-state index is 0.583. The van der Waals surface area contributed by atoms with Crippen LogP contribution in [0.4, 0.5) is 17.1 Å². The Balaban J connectivity index is 1.09. The van der Waals surface area contributed by atoms with Crippen molar-refractivity contribution in [3.05, 3.63) is 204 Å². The number of hydrogen-bond acceptors (Lipinski definition) is 5. The first-order valence-corrected chi connectivity index (χ1v) is 20.9. The van der Waals surface area contributed by atoms with Crippen LogP contribution in [0.1, 0.15) is 21.6 Å². The number of anilines is 3. The first-order valence-electron chi connectivity index (χ1n) is 20.1. The molecule has 5 nitrogen and oxygen atoms in total. The Kier molecular flexibility index (Phi) is 7.78. The van der Waals surface area contributed by atoms with Crippen molar-refractivity contribution in [3.8, 4) is 39.9 Å². The van der Waals surface area contributed by atoms with Gasteiger partial charge in [0, 0.05) is 61.1 Å². The third kappa shape index (κ3) is 5.48. The van der Waals surface area contributed by atoms with Crippen molar-refractivity contribution in [1.82, 2.24) is 19.5 Å². The predicted molar refractivity (Wildman–Crippen MR) is 245 cm³/mol. The zero-order valence-electron chi connectivity index (χ0n) is 32.0. The molecule has 6 heteroatoms. The Morgan fingerprint density at radius 3 is 2.03 bits per heavy atom. The summed E-state index contributed by atoms with van der Waals surface area (Å²) in [6, 6.07) is 58.3. The number of benzene rings is 7. The summed E-state index contributed by atoms with van der Waals surface area (Å²) in [6.07, 6.45) is 10.6. The Morgan fingerprint density at radius 2 is 1.24 bits per heavy atom. The minimum absolute atomic E-state index is 0.583. The zero-order valence-corrected chi connectivity index (χ0v) is 32.8. The number of hydrogen-bond donors (Lipinski definition) is 0. The highest BCUT2D eigenvalue weighted by molar-refractivity contribution is 7.20. The molecule has 0 amide bonds. The van der Waals surface area contributed by atoms with E-state index in [1.807, 2.05) is 47.7 Å². The summed E-state index contributed by atoms with van der Waals surface area (Å²) in [6.45, 7) is 0. The molecule has 59 heavy (non-hydrogen) atoms. The molecule has 0 saturated carbocycles. The van der Waals surface area contributed by atoms with Crippen molar-refractivity contribution >= 4 is 66.4 Å². The van der Waals surface area contributed by atoms with Crippen molar-refractivity contribution < 1.29 is 0 Å². The summed E-state index contributed by atoms with van der Waals surface area (Å²) in [5.41, 5.74) is 13.8. The zero-order chi connectivity index (χ0) is 38.9. The standard InChI is InChI=1S/C53H35N5S/c1-4-15-35(16-5-1)51-54-52(36-17-6-2-7-18-36)56-53(55-51)58-46-25-13-11-20-41(46)43-32-29-38-33-37-19-10-12-24-45(37)57(48(38)49(43)58)39-30-27-34(28-31-39)40-22-14-23-44-42-21-8-3-9-26-47(42)59-50(40)44/h1-25,27-32H,26,33H2. The third-order valence-electron chi connectivity index (χ3n) is 11.7. The maximum Gasteiger partial charge on any atom is 0.238 e. The molecule has 10 aromatic rings. The van der Waals surface area contributed by atoms with Crippen LogP contribution in [0, 0.1) is 0 Å². The van der Waals surface area contributed by atoms with Crippen molar-refractivity contribution in [3.63, 3.8) is 0 Å². The molecule has 12 rings (SSSR count). The van der Waals surface area contributed by atoms with Gasteiger partial charge in [-0.1, -0.05) is 164 Å². The van der Waals surface area contributed by atoms with Gasteiger partial charge in [-0.15, -0.1) is 11.3 Å². The lowest BCUT2D eigenvalue weighted by molar-refractivity contribution is 0.950. The molecule has 0 radical (unpaired) electrons. The van der Waals surface area contributed by atoms with Gasteiger partial charge < -0.3 is 4.90 Å². The van der Waals surface area contributed by atoms with E-state index in [0.29, 0.717) is 17.6 Å². The number of para-hydroxylation sites is 2. The van der Waals surface area contributed by atoms with Gasteiger partial charge in [0.15, 0.2) is 11.6 Å². The average Bonchev–Trinajstić information content (AvgIpc) is 3.74. The van der Waals surface area contributed by atoms with E-state index >= 15 is 0 Å². The van der Waals surface area contributed by atoms with Gasteiger partial charge in [0.05, 0.1) is 16.7 Å². The number of allylic oxidation sites excluding steroid dienone is 3. The van der Waals surface area contributed by atoms with E-state index in [-0.39, 0.29) is 0 Å². The third-order valence-corrected chi connectivity index (χ3v) is 13.0. The molecule has 0 spiro atoms. The number of aromatic nitrogens is 4. The highest BCUT2D eigenvalue weighted by atomic mass is 32.1. The van der Waals surface area contributed by atoms with Crippen LogP contribution in [0.25, 0.3) is 77.8 Å². The van der Waals surface area contributed by atoms with E-state index in [0.717, 1.165) is 57.1 Å². The fourth-order valence-corrected chi connectivity index (χ4v) is 10.3. The van der Waals surface area contributed by atoms with E-state index in [1.54, 1.807) is 0 Å². The monoisotopic (exact) mass is 773 g/mol. The first-order chi connectivity index (χ1) is 29.3. The van der Waals surface area contributed by atoms with Crippen LogP contribution in [0.15, 0.2) is 182 Å². The molecule has 0 fully saturated rings. The van der Waals surface area contributed by atoms with Gasteiger partial charge in [-0.25, -0.2) is 4.98 Å². The lowest BCUT2D eigenvalue weighted by Crippen LogP contribution is -2.20. The molecule has 0 atom stereocenters. The van der Waals surface area contributed by atoms with Crippen molar-refractivity contribution in [1.29, 1.82) is 0 Å². The fourth-order valence-electron chi connectivity index (χ4n) is 9.00. The molecule has 0 N–H and O–H groups in total. The molecule has 0 saturated heterocycles. The van der Waals surface area contributed by atoms with Gasteiger partial charge in [-0.3, -0.25) is 4.57 Å². The molecular weight excluding hydrogens is 739 g/mol. The van der Waals surface area contributed by atoms with E-state index in [1.165, 1.54) is 48.5 Å². The summed E-state index contributed by atoms with van der Waals surface area (Å²) in [7, 11) is 0. The SMILES string of the molecule is C1=CCc2sc3c(-c4ccc(N5c6ccccc6Cc6ccc7c8ccccc8n(-c8nc(-c9ccccc9)nc(-c9ccccc9)n8)c7c65)cc4)cccc3c2C=C1. The van der Waals surface area contributed by atoms with Gasteiger partial charge in [-0.05, 0) is 52.1 Å². The maximum atomic E-state index is 5.28. The molecule has 0 bridgehead atoms. The number of thiophene rings is 1. The molecular formula is C53H35N5S. The Hall–Kier alpha value is -7.41. The summed E-state index contributed by atoms with van der Waals surface area (Å²) < 4.78 is 3.61. The summed E-state index contributed by atoms with van der Waals surface area (Å²) >= 11 is 1.92. The largest absolute Gasteiger partial charge is 0.308 e. The smallest absolute Gasteiger partial charge is 0.238 e. The first kappa shape index (κ1) is 33.7. The van der Waals surface area contributed by atoms with Gasteiger partial charge >= 0.3 is 0 Å². The Labute approximate surface area is 345 Å². The number of fused-ring (bicyclic) bond motifs is 9. The van der Waals surface area contributed by atoms with E-state index in [2.05, 4.69) is 161 Å². The number of rotatable bonds is 5. The van der Waals surface area contributed by atoms with Gasteiger partial charge in [0.1, 0.15) is 0 Å². The quantitative estimate of drug-likeness (QED) is 0.175. The summed E-state index contributed by atoms with van der Waals surface area (Å²) in [5.74, 6) is 1.85. The van der Waals surface area contributed by atoms with E-state index < -0.39 is 0 Å². The number of nitrogens with zero attached hydrogens (tertiary/aromatic N) is 5. The fraction of sp³-hybridized carbons (Fsp3) is 0.0377. The molecule has 278 valence electrons. The molecule has 0 unspecified atom stereocenters. The van der Waals surface area contributed by atoms with Crippen LogP contribution < -0.4 is 4.90 Å². The molecule has 4 heterocycles. The van der Waals surface area contributed by atoms with Crippen LogP contribution in [0.3, 0.4) is 0 Å². The van der Waals surface area contributed by atoms with Crippen LogP contribution in [0.2, 0.25) is 0 Å². The van der Waals surface area contributed by atoms with E-state index in [4.69, 9.17) is 15.0 Å². The topological polar surface area (TPSA) is 46.8 Å². The molecule has 1 aliphatic heterocycles. The van der Waals surface area contributed by atoms with Gasteiger partial charge in [0.2, 0.25) is 5.95 Å². The van der Waals surface area contributed by atoms with Gasteiger partial charge in [0.25, 0.3) is 0 Å². The van der Waals surface area contributed by atoms with Crippen LogP contribution in [-0.2, 0) is 12.8 Å². The summed E-state index contributed by atoms with van der Waals surface area (Å²) in [5, 5.41) is 3.62. The second-order valence-corrected chi connectivity index (χ2v) is 16.2. The highest BCUT2D eigenvalue weighted by Gasteiger charge is 2.30. The predicted octanol–water partition coefficient (Wildman–Crippen LogP) is 13.7. The lowest BCUT2D eigenvalue weighted by Gasteiger charge is -2.34. The molecule has 2 aliphatic rings. The minimum Gasteiger partial charge on any atom is -0.308 e. The normalized spacial score (nSPS) is 13.1.